The molecule has 8 nitrogen and oxygen atoms in total. The van der Waals surface area contributed by atoms with Gasteiger partial charge < -0.3 is 14.8 Å². The first-order chi connectivity index (χ1) is 13.2. The number of hydrogen-bond donors (Lipinski definition) is 1. The summed E-state index contributed by atoms with van der Waals surface area (Å²) in [4.78, 5) is 16.0. The van der Waals surface area contributed by atoms with Gasteiger partial charge in [0.2, 0.25) is 5.91 Å². The Kier molecular flexibility index (Phi) is 5.78. The largest absolute Gasteiger partial charge is 0.493 e. The third kappa shape index (κ3) is 4.69. The van der Waals surface area contributed by atoms with Gasteiger partial charge in [0.25, 0.3) is 0 Å². The molecule has 0 aliphatic carbocycles. The average Bonchev–Trinajstić information content (AvgIpc) is 3.20. The van der Waals surface area contributed by atoms with Gasteiger partial charge in [-0.05, 0) is 35.9 Å². The van der Waals surface area contributed by atoms with Crippen LogP contribution in [0.2, 0.25) is 0 Å². The van der Waals surface area contributed by atoms with Gasteiger partial charge in [-0.1, -0.05) is 11.3 Å². The molecule has 0 saturated carbocycles. The van der Waals surface area contributed by atoms with Crippen molar-refractivity contribution in [2.24, 2.45) is 0 Å². The number of pyridine rings is 1. The van der Waals surface area contributed by atoms with Crippen LogP contribution in [0.3, 0.4) is 0 Å². The molecule has 2 heterocycles. The number of aromatic nitrogens is 4. The minimum Gasteiger partial charge on any atom is -0.493 e. The summed E-state index contributed by atoms with van der Waals surface area (Å²) in [5.41, 5.74) is 2.33. The monoisotopic (exact) mass is 365 g/mol. The van der Waals surface area contributed by atoms with Crippen molar-refractivity contribution in [1.82, 2.24) is 25.3 Å². The zero-order chi connectivity index (χ0) is 19.1. The Morgan fingerprint density at radius 3 is 2.67 bits per heavy atom. The number of carbonyl (C=O) groups excluding carboxylic acids is 1. The van der Waals surface area contributed by atoms with Gasteiger partial charge in [0, 0.05) is 18.5 Å². The summed E-state index contributed by atoms with van der Waals surface area (Å²) >= 11 is 0. The summed E-state index contributed by atoms with van der Waals surface area (Å²) in [5, 5.41) is 10.9. The Morgan fingerprint density at radius 2 is 1.93 bits per heavy atom. The fourth-order valence-electron chi connectivity index (χ4n) is 2.37. The van der Waals surface area contributed by atoms with E-state index < -0.39 is 0 Å². The van der Waals surface area contributed by atoms with Gasteiger partial charge in [-0.25, -0.2) is 4.68 Å². The Balaban J connectivity index is 1.57. The molecule has 0 saturated heterocycles. The van der Waals surface area contributed by atoms with Gasteiger partial charge in [0.1, 0.15) is 5.69 Å². The highest BCUT2D eigenvalue weighted by Crippen LogP contribution is 2.27. The zero-order valence-electron chi connectivity index (χ0n) is 15.0. The topological polar surface area (TPSA) is 91.2 Å². The van der Waals surface area contributed by atoms with Crippen LogP contribution in [0.25, 0.3) is 11.8 Å². The van der Waals surface area contributed by atoms with Crippen molar-refractivity contribution in [2.45, 2.75) is 6.54 Å². The molecule has 0 radical (unpaired) electrons. The summed E-state index contributed by atoms with van der Waals surface area (Å²) < 4.78 is 12.1. The van der Waals surface area contributed by atoms with Crippen LogP contribution in [0.1, 0.15) is 11.3 Å². The second-order valence-electron chi connectivity index (χ2n) is 5.53. The van der Waals surface area contributed by atoms with Crippen LogP contribution in [0.4, 0.5) is 0 Å². The molecule has 0 bridgehead atoms. The minimum atomic E-state index is -0.233. The SMILES string of the molecule is COc1ccc(/C=C/C(=O)NCc2cn(-c3ccncc3)nn2)cc1OC. The molecule has 3 aromatic rings. The van der Waals surface area contributed by atoms with E-state index in [-0.39, 0.29) is 12.5 Å². The van der Waals surface area contributed by atoms with Gasteiger partial charge in [0.15, 0.2) is 11.5 Å². The highest BCUT2D eigenvalue weighted by molar-refractivity contribution is 5.91. The number of rotatable bonds is 7. The van der Waals surface area contributed by atoms with Crippen LogP contribution >= 0.6 is 0 Å². The van der Waals surface area contributed by atoms with Gasteiger partial charge in [-0.3, -0.25) is 9.78 Å². The van der Waals surface area contributed by atoms with Gasteiger partial charge in [-0.2, -0.15) is 0 Å². The lowest BCUT2D eigenvalue weighted by Crippen LogP contribution is -2.20. The van der Waals surface area contributed by atoms with E-state index in [0.717, 1.165) is 11.3 Å². The molecular weight excluding hydrogens is 346 g/mol. The first kappa shape index (κ1) is 18.1. The number of amides is 1. The quantitative estimate of drug-likeness (QED) is 0.644. The molecule has 0 aliphatic heterocycles. The lowest BCUT2D eigenvalue weighted by atomic mass is 10.2. The van der Waals surface area contributed by atoms with Crippen LogP contribution < -0.4 is 14.8 Å². The normalized spacial score (nSPS) is 10.7. The smallest absolute Gasteiger partial charge is 0.244 e. The lowest BCUT2D eigenvalue weighted by molar-refractivity contribution is -0.116. The summed E-state index contributed by atoms with van der Waals surface area (Å²) in [6, 6.07) is 9.06. The van der Waals surface area contributed by atoms with Gasteiger partial charge in [-0.15, -0.1) is 5.10 Å². The second-order valence-corrected chi connectivity index (χ2v) is 5.53. The molecule has 8 heteroatoms. The third-order valence-electron chi connectivity index (χ3n) is 3.75. The molecule has 1 amide bonds. The van der Waals surface area contributed by atoms with E-state index in [4.69, 9.17) is 9.47 Å². The Hall–Kier alpha value is -3.68. The fourth-order valence-corrected chi connectivity index (χ4v) is 2.37. The first-order valence-electron chi connectivity index (χ1n) is 8.19. The summed E-state index contributed by atoms with van der Waals surface area (Å²) in [6.07, 6.45) is 8.27. The van der Waals surface area contributed by atoms with Crippen LogP contribution in [0.15, 0.2) is 55.0 Å². The molecule has 2 aromatic heterocycles. The van der Waals surface area contributed by atoms with Gasteiger partial charge >= 0.3 is 0 Å². The number of nitrogens with zero attached hydrogens (tertiary/aromatic N) is 4. The van der Waals surface area contributed by atoms with Gasteiger partial charge in [0.05, 0.1) is 32.6 Å². The number of hydrogen-bond acceptors (Lipinski definition) is 6. The molecular formula is C19H19N5O3. The van der Waals surface area contributed by atoms with Crippen molar-refractivity contribution >= 4 is 12.0 Å². The predicted octanol–water partition coefficient (Wildman–Crippen LogP) is 2.01. The maximum atomic E-state index is 12.0. The molecule has 0 fully saturated rings. The van der Waals surface area contributed by atoms with Crippen molar-refractivity contribution in [1.29, 1.82) is 0 Å². The summed E-state index contributed by atoms with van der Waals surface area (Å²) in [6.45, 7) is 0.278. The number of ether oxygens (including phenoxy) is 2. The Morgan fingerprint density at radius 1 is 1.15 bits per heavy atom. The number of carbonyl (C=O) groups is 1. The summed E-state index contributed by atoms with van der Waals surface area (Å²) in [5.74, 6) is 1.01. The van der Waals surface area contributed by atoms with Crippen molar-refractivity contribution in [3.8, 4) is 17.2 Å². The third-order valence-corrected chi connectivity index (χ3v) is 3.75. The highest BCUT2D eigenvalue weighted by Gasteiger charge is 2.05. The van der Waals surface area contributed by atoms with E-state index in [2.05, 4.69) is 20.6 Å². The maximum Gasteiger partial charge on any atom is 0.244 e. The van der Waals surface area contributed by atoms with Crippen LogP contribution in [0, 0.1) is 0 Å². The lowest BCUT2D eigenvalue weighted by Gasteiger charge is -2.07. The molecule has 0 unspecified atom stereocenters. The molecule has 3 rings (SSSR count). The molecule has 0 atom stereocenters. The first-order valence-corrected chi connectivity index (χ1v) is 8.19. The molecule has 27 heavy (non-hydrogen) atoms. The standard InChI is InChI=1S/C19H19N5O3/c1-26-17-5-3-14(11-18(17)27-2)4-6-19(25)21-12-15-13-24(23-22-15)16-7-9-20-10-8-16/h3-11,13H,12H2,1-2H3,(H,21,25)/b6-4+. The van der Waals surface area contributed by atoms with Crippen molar-refractivity contribution in [3.63, 3.8) is 0 Å². The van der Waals surface area contributed by atoms with E-state index in [1.165, 1.54) is 6.08 Å². The predicted molar refractivity (Wildman–Crippen MR) is 99.6 cm³/mol. The highest BCUT2D eigenvalue weighted by atomic mass is 16.5. The van der Waals surface area contributed by atoms with Crippen molar-refractivity contribution < 1.29 is 14.3 Å². The van der Waals surface area contributed by atoms with E-state index in [1.54, 1.807) is 55.7 Å². The van der Waals surface area contributed by atoms with E-state index in [1.807, 2.05) is 18.2 Å². The Labute approximate surface area is 156 Å². The average molecular weight is 365 g/mol. The molecule has 1 aromatic carbocycles. The minimum absolute atomic E-state index is 0.233. The van der Waals surface area contributed by atoms with E-state index in [0.29, 0.717) is 17.2 Å². The van der Waals surface area contributed by atoms with E-state index in [9.17, 15) is 4.79 Å². The van der Waals surface area contributed by atoms with Crippen molar-refractivity contribution in [3.05, 3.63) is 66.3 Å². The molecule has 0 spiro atoms. The number of benzene rings is 1. The summed E-state index contributed by atoms with van der Waals surface area (Å²) in [7, 11) is 3.14. The van der Waals surface area contributed by atoms with E-state index >= 15 is 0 Å². The Bertz CT molecular complexity index is 938. The number of methoxy groups -OCH3 is 2. The van der Waals surface area contributed by atoms with Crippen molar-refractivity contribution in [2.75, 3.05) is 14.2 Å². The molecule has 0 aliphatic rings. The molecule has 1 N–H and O–H groups in total. The zero-order valence-corrected chi connectivity index (χ0v) is 15.0. The maximum absolute atomic E-state index is 12.0. The fraction of sp³-hybridized carbons (Fsp3) is 0.158. The van der Waals surface area contributed by atoms with Crippen LogP contribution in [-0.4, -0.2) is 40.1 Å². The number of nitrogens with one attached hydrogen (secondary N) is 1. The molecule has 138 valence electrons. The van der Waals surface area contributed by atoms with Crippen LogP contribution in [0.5, 0.6) is 11.5 Å². The van der Waals surface area contributed by atoms with Crippen LogP contribution in [-0.2, 0) is 11.3 Å². The second kappa shape index (κ2) is 8.61.